The lowest BCUT2D eigenvalue weighted by Gasteiger charge is -2.31. The average Bonchev–Trinajstić information content (AvgIpc) is 2.68. The van der Waals surface area contributed by atoms with Crippen molar-refractivity contribution in [2.75, 3.05) is 25.0 Å². The molecule has 0 bridgehead atoms. The molecule has 0 aliphatic carbocycles. The summed E-state index contributed by atoms with van der Waals surface area (Å²) in [5.74, 6) is 0.722. The SMILES string of the molecule is CC1CN(C(=O)Nc2ccccc2COc2ccc(CC#N)cc2)CCO1. The third-order valence-corrected chi connectivity index (χ3v) is 4.39. The van der Waals surface area contributed by atoms with Crippen molar-refractivity contribution in [1.82, 2.24) is 4.90 Å². The highest BCUT2D eigenvalue weighted by Gasteiger charge is 2.21. The Morgan fingerprint density at radius 1 is 1.30 bits per heavy atom. The molecule has 1 aliphatic heterocycles. The van der Waals surface area contributed by atoms with Crippen LogP contribution in [-0.2, 0) is 17.8 Å². The maximum Gasteiger partial charge on any atom is 0.322 e. The number of hydrogen-bond donors (Lipinski definition) is 1. The van der Waals surface area contributed by atoms with Crippen LogP contribution >= 0.6 is 0 Å². The van der Waals surface area contributed by atoms with Crippen molar-refractivity contribution in [2.45, 2.75) is 26.1 Å². The average molecular weight is 365 g/mol. The molecule has 0 spiro atoms. The lowest BCUT2D eigenvalue weighted by molar-refractivity contribution is -0.00139. The highest BCUT2D eigenvalue weighted by atomic mass is 16.5. The van der Waals surface area contributed by atoms with Gasteiger partial charge in [-0.3, -0.25) is 0 Å². The fourth-order valence-electron chi connectivity index (χ4n) is 2.92. The Morgan fingerprint density at radius 3 is 2.81 bits per heavy atom. The van der Waals surface area contributed by atoms with Crippen LogP contribution in [-0.4, -0.2) is 36.7 Å². The second-order valence-corrected chi connectivity index (χ2v) is 6.48. The smallest absolute Gasteiger partial charge is 0.322 e. The zero-order valence-electron chi connectivity index (χ0n) is 15.4. The van der Waals surface area contributed by atoms with Crippen molar-refractivity contribution in [3.8, 4) is 11.8 Å². The van der Waals surface area contributed by atoms with Crippen molar-refractivity contribution in [1.29, 1.82) is 5.26 Å². The molecule has 1 unspecified atom stereocenters. The summed E-state index contributed by atoms with van der Waals surface area (Å²) in [5, 5.41) is 11.7. The van der Waals surface area contributed by atoms with Crippen molar-refractivity contribution in [3.05, 3.63) is 59.7 Å². The minimum atomic E-state index is -0.126. The summed E-state index contributed by atoms with van der Waals surface area (Å²) >= 11 is 0. The Bertz CT molecular complexity index is 814. The summed E-state index contributed by atoms with van der Waals surface area (Å²) < 4.78 is 11.3. The first-order valence-electron chi connectivity index (χ1n) is 9.00. The van der Waals surface area contributed by atoms with Gasteiger partial charge in [0.15, 0.2) is 0 Å². The van der Waals surface area contributed by atoms with E-state index in [1.54, 1.807) is 4.90 Å². The van der Waals surface area contributed by atoms with Crippen LogP contribution < -0.4 is 10.1 Å². The van der Waals surface area contributed by atoms with E-state index in [1.165, 1.54) is 0 Å². The van der Waals surface area contributed by atoms with Gasteiger partial charge in [0, 0.05) is 24.3 Å². The van der Waals surface area contributed by atoms with Crippen molar-refractivity contribution in [2.24, 2.45) is 0 Å². The van der Waals surface area contributed by atoms with E-state index in [9.17, 15) is 4.79 Å². The molecular weight excluding hydrogens is 342 g/mol. The molecule has 0 aromatic heterocycles. The van der Waals surface area contributed by atoms with Crippen LogP contribution in [0.2, 0.25) is 0 Å². The first-order chi connectivity index (χ1) is 13.2. The monoisotopic (exact) mass is 365 g/mol. The van der Waals surface area contributed by atoms with Gasteiger partial charge in [0.25, 0.3) is 0 Å². The van der Waals surface area contributed by atoms with Gasteiger partial charge in [-0.25, -0.2) is 4.79 Å². The van der Waals surface area contributed by atoms with Crippen LogP contribution in [0.1, 0.15) is 18.1 Å². The zero-order chi connectivity index (χ0) is 19.1. The predicted octanol–water partition coefficient (Wildman–Crippen LogP) is 3.58. The number of nitriles is 1. The second kappa shape index (κ2) is 9.06. The lowest BCUT2D eigenvalue weighted by atomic mass is 10.1. The van der Waals surface area contributed by atoms with Gasteiger partial charge in [0.1, 0.15) is 12.4 Å². The van der Waals surface area contributed by atoms with Crippen LogP contribution in [0.15, 0.2) is 48.5 Å². The number of carbonyl (C=O) groups is 1. The lowest BCUT2D eigenvalue weighted by Crippen LogP contribution is -2.46. The van der Waals surface area contributed by atoms with E-state index in [1.807, 2.05) is 55.5 Å². The Morgan fingerprint density at radius 2 is 2.07 bits per heavy atom. The van der Waals surface area contributed by atoms with Gasteiger partial charge in [0.2, 0.25) is 0 Å². The number of rotatable bonds is 5. The molecule has 1 saturated heterocycles. The van der Waals surface area contributed by atoms with Crippen LogP contribution in [0, 0.1) is 11.3 Å². The molecule has 6 heteroatoms. The summed E-state index contributed by atoms with van der Waals surface area (Å²) in [6.07, 6.45) is 0.432. The van der Waals surface area contributed by atoms with E-state index in [2.05, 4.69) is 11.4 Å². The largest absolute Gasteiger partial charge is 0.489 e. The first kappa shape index (κ1) is 18.7. The number of para-hydroxylation sites is 1. The van der Waals surface area contributed by atoms with Crippen LogP contribution in [0.5, 0.6) is 5.75 Å². The van der Waals surface area contributed by atoms with Crippen molar-refractivity contribution < 1.29 is 14.3 Å². The number of ether oxygens (including phenoxy) is 2. The number of urea groups is 1. The molecule has 0 radical (unpaired) electrons. The third-order valence-electron chi connectivity index (χ3n) is 4.39. The molecule has 1 N–H and O–H groups in total. The fourth-order valence-corrected chi connectivity index (χ4v) is 2.92. The first-order valence-corrected chi connectivity index (χ1v) is 9.00. The zero-order valence-corrected chi connectivity index (χ0v) is 15.4. The number of amides is 2. The van der Waals surface area contributed by atoms with Gasteiger partial charge < -0.3 is 19.7 Å². The molecule has 0 saturated carbocycles. The molecule has 2 aromatic rings. The minimum absolute atomic E-state index is 0.0482. The van der Waals surface area contributed by atoms with E-state index in [4.69, 9.17) is 14.7 Å². The molecule has 1 heterocycles. The molecule has 1 atom stereocenters. The van der Waals surface area contributed by atoms with Gasteiger partial charge in [-0.05, 0) is 30.7 Å². The van der Waals surface area contributed by atoms with Gasteiger partial charge in [-0.15, -0.1) is 0 Å². The Hall–Kier alpha value is -3.04. The van der Waals surface area contributed by atoms with Crippen LogP contribution in [0.25, 0.3) is 0 Å². The highest BCUT2D eigenvalue weighted by Crippen LogP contribution is 2.20. The number of nitrogens with zero attached hydrogens (tertiary/aromatic N) is 2. The summed E-state index contributed by atoms with van der Waals surface area (Å²) in [6, 6.07) is 17.1. The number of morpholine rings is 1. The quantitative estimate of drug-likeness (QED) is 0.879. The minimum Gasteiger partial charge on any atom is -0.489 e. The summed E-state index contributed by atoms with van der Waals surface area (Å²) in [7, 11) is 0. The molecule has 6 nitrogen and oxygen atoms in total. The molecular formula is C21H23N3O3. The van der Waals surface area contributed by atoms with Crippen LogP contribution in [0.3, 0.4) is 0 Å². The Kier molecular flexibility index (Phi) is 6.29. The fraction of sp³-hybridized carbons (Fsp3) is 0.333. The number of carbonyl (C=O) groups excluding carboxylic acids is 1. The number of hydrogen-bond acceptors (Lipinski definition) is 4. The standard InChI is InChI=1S/C21H23N3O3/c1-16-14-24(12-13-26-16)21(25)23-20-5-3-2-4-18(20)15-27-19-8-6-17(7-9-19)10-11-22/h2-9,16H,10,12-15H2,1H3,(H,23,25). The third kappa shape index (κ3) is 5.22. The maximum absolute atomic E-state index is 12.5. The summed E-state index contributed by atoms with van der Waals surface area (Å²) in [5.41, 5.74) is 2.59. The topological polar surface area (TPSA) is 74.6 Å². The van der Waals surface area contributed by atoms with E-state index in [-0.39, 0.29) is 12.1 Å². The molecule has 27 heavy (non-hydrogen) atoms. The van der Waals surface area contributed by atoms with E-state index >= 15 is 0 Å². The maximum atomic E-state index is 12.5. The van der Waals surface area contributed by atoms with Crippen LogP contribution in [0.4, 0.5) is 10.5 Å². The summed E-state index contributed by atoms with van der Waals surface area (Å²) in [6.45, 7) is 4.03. The second-order valence-electron chi connectivity index (χ2n) is 6.48. The molecule has 1 aliphatic rings. The summed E-state index contributed by atoms with van der Waals surface area (Å²) in [4.78, 5) is 14.3. The molecule has 3 rings (SSSR count). The highest BCUT2D eigenvalue weighted by molar-refractivity contribution is 5.90. The Balaban J connectivity index is 1.61. The van der Waals surface area contributed by atoms with Crippen molar-refractivity contribution in [3.63, 3.8) is 0 Å². The Labute approximate surface area is 159 Å². The molecule has 2 aromatic carbocycles. The van der Waals surface area contributed by atoms with Gasteiger partial charge in [-0.2, -0.15) is 5.26 Å². The number of nitrogens with one attached hydrogen (secondary N) is 1. The molecule has 140 valence electrons. The van der Waals surface area contributed by atoms with Gasteiger partial charge >= 0.3 is 6.03 Å². The number of anilines is 1. The number of benzene rings is 2. The van der Waals surface area contributed by atoms with Gasteiger partial charge in [-0.1, -0.05) is 30.3 Å². The van der Waals surface area contributed by atoms with Gasteiger partial charge in [0.05, 0.1) is 25.2 Å². The predicted molar refractivity (Wildman–Crippen MR) is 103 cm³/mol. The normalized spacial score (nSPS) is 16.4. The molecule has 1 fully saturated rings. The van der Waals surface area contributed by atoms with Crippen molar-refractivity contribution >= 4 is 11.7 Å². The van der Waals surface area contributed by atoms with E-state index in [0.717, 1.165) is 22.6 Å². The van der Waals surface area contributed by atoms with E-state index in [0.29, 0.717) is 32.7 Å². The molecule has 2 amide bonds. The van der Waals surface area contributed by atoms with E-state index < -0.39 is 0 Å².